The lowest BCUT2D eigenvalue weighted by molar-refractivity contribution is -0.132. The van der Waals surface area contributed by atoms with Gasteiger partial charge in [0.05, 0.1) is 24.0 Å². The van der Waals surface area contributed by atoms with Crippen LogP contribution in [-0.4, -0.2) is 38.9 Å². The molecule has 7 nitrogen and oxygen atoms in total. The van der Waals surface area contributed by atoms with Gasteiger partial charge in [-0.1, -0.05) is 30.3 Å². The number of aromatic nitrogens is 2. The molecule has 1 aliphatic heterocycles. The van der Waals surface area contributed by atoms with Crippen molar-refractivity contribution in [3.05, 3.63) is 60.3 Å². The second kappa shape index (κ2) is 8.26. The van der Waals surface area contributed by atoms with E-state index in [9.17, 15) is 9.59 Å². The van der Waals surface area contributed by atoms with Crippen LogP contribution < -0.4 is 5.32 Å². The van der Waals surface area contributed by atoms with Gasteiger partial charge in [-0.2, -0.15) is 10.2 Å². The van der Waals surface area contributed by atoms with Gasteiger partial charge in [-0.3, -0.25) is 14.3 Å². The van der Waals surface area contributed by atoms with Crippen LogP contribution in [0.2, 0.25) is 0 Å². The van der Waals surface area contributed by atoms with Crippen molar-refractivity contribution >= 4 is 34.1 Å². The van der Waals surface area contributed by atoms with Gasteiger partial charge in [-0.05, 0) is 30.7 Å². The van der Waals surface area contributed by atoms with E-state index in [0.29, 0.717) is 12.2 Å². The van der Waals surface area contributed by atoms with Crippen molar-refractivity contribution in [3.63, 3.8) is 0 Å². The number of hydrogen-bond donors (Lipinski definition) is 1. The molecule has 0 spiro atoms. The van der Waals surface area contributed by atoms with Gasteiger partial charge in [0, 0.05) is 36.9 Å². The van der Waals surface area contributed by atoms with Crippen molar-refractivity contribution < 1.29 is 9.59 Å². The van der Waals surface area contributed by atoms with Crippen molar-refractivity contribution in [1.29, 1.82) is 0 Å². The smallest absolute Gasteiger partial charge is 0.243 e. The number of carbonyl (C=O) groups excluding carboxylic acids is 2. The minimum Gasteiger partial charge on any atom is -0.326 e. The highest BCUT2D eigenvalue weighted by Gasteiger charge is 2.22. The molecule has 0 fully saturated rings. The van der Waals surface area contributed by atoms with Crippen LogP contribution in [0.1, 0.15) is 31.7 Å². The van der Waals surface area contributed by atoms with Gasteiger partial charge in [0.25, 0.3) is 0 Å². The van der Waals surface area contributed by atoms with Crippen molar-refractivity contribution in [3.8, 4) is 0 Å². The predicted molar refractivity (Wildman–Crippen MR) is 113 cm³/mol. The number of hydrazone groups is 1. The van der Waals surface area contributed by atoms with Crippen LogP contribution in [0.5, 0.6) is 0 Å². The van der Waals surface area contributed by atoms with Crippen molar-refractivity contribution in [2.45, 2.75) is 32.7 Å². The van der Waals surface area contributed by atoms with Crippen LogP contribution in [0.3, 0.4) is 0 Å². The normalized spacial score (nSPS) is 13.6. The lowest BCUT2D eigenvalue weighted by Gasteiger charge is -2.11. The van der Waals surface area contributed by atoms with E-state index in [0.717, 1.165) is 35.1 Å². The minimum absolute atomic E-state index is 0.122. The number of nitrogens with one attached hydrogen (secondary N) is 1. The van der Waals surface area contributed by atoms with Gasteiger partial charge in [0.15, 0.2) is 0 Å². The first-order valence-corrected chi connectivity index (χ1v) is 9.82. The lowest BCUT2D eigenvalue weighted by Crippen LogP contribution is -2.25. The van der Waals surface area contributed by atoms with Crippen LogP contribution in [0.15, 0.2) is 59.8 Å². The summed E-state index contributed by atoms with van der Waals surface area (Å²) in [6.07, 6.45) is 2.79. The molecule has 0 aliphatic carbocycles. The molecule has 3 aromatic rings. The minimum atomic E-state index is -0.188. The zero-order valence-corrected chi connectivity index (χ0v) is 16.3. The quantitative estimate of drug-likeness (QED) is 0.702. The van der Waals surface area contributed by atoms with Crippen LogP contribution in [0.4, 0.5) is 5.69 Å². The zero-order chi connectivity index (χ0) is 20.2. The summed E-state index contributed by atoms with van der Waals surface area (Å²) in [5, 5.41) is 14.1. The summed E-state index contributed by atoms with van der Waals surface area (Å²) < 4.78 is 1.88. The highest BCUT2D eigenvalue weighted by atomic mass is 16.2. The third-order valence-electron chi connectivity index (χ3n) is 4.99. The molecule has 0 unspecified atom stereocenters. The van der Waals surface area contributed by atoms with E-state index in [1.807, 2.05) is 66.3 Å². The first-order chi connectivity index (χ1) is 14.1. The summed E-state index contributed by atoms with van der Waals surface area (Å²) in [4.78, 5) is 24.7. The number of carbonyl (C=O) groups is 2. The van der Waals surface area contributed by atoms with Gasteiger partial charge in [0.1, 0.15) is 0 Å². The first kappa shape index (κ1) is 18.9. The number of fused-ring (bicyclic) bond motifs is 1. The second-order valence-corrected chi connectivity index (χ2v) is 6.96. The molecule has 1 N–H and O–H groups in total. The molecule has 1 aromatic heterocycles. The lowest BCUT2D eigenvalue weighted by atomic mass is 10.1. The Bertz CT molecular complexity index is 1070. The van der Waals surface area contributed by atoms with Crippen molar-refractivity contribution in [2.75, 3.05) is 11.9 Å². The first-order valence-electron chi connectivity index (χ1n) is 9.82. The molecular weight excluding hydrogens is 366 g/mol. The second-order valence-electron chi connectivity index (χ2n) is 6.96. The fourth-order valence-electron chi connectivity index (χ4n) is 3.44. The molecule has 29 heavy (non-hydrogen) atoms. The number of benzene rings is 2. The maximum atomic E-state index is 12.4. The fourth-order valence-corrected chi connectivity index (χ4v) is 3.44. The number of rotatable bonds is 6. The Morgan fingerprint density at radius 2 is 1.93 bits per heavy atom. The van der Waals surface area contributed by atoms with E-state index in [1.165, 1.54) is 5.01 Å². The monoisotopic (exact) mass is 389 g/mol. The van der Waals surface area contributed by atoms with E-state index in [2.05, 4.69) is 15.5 Å². The number of amides is 2. The molecule has 7 heteroatoms. The average molecular weight is 389 g/mol. The summed E-state index contributed by atoms with van der Waals surface area (Å²) in [5.41, 5.74) is 3.61. The summed E-state index contributed by atoms with van der Waals surface area (Å²) in [5.74, 6) is -0.322. The molecule has 0 saturated heterocycles. The molecule has 2 aromatic carbocycles. The molecule has 1 aliphatic rings. The van der Waals surface area contributed by atoms with Gasteiger partial charge < -0.3 is 5.32 Å². The Balaban J connectivity index is 1.33. The van der Waals surface area contributed by atoms with E-state index in [4.69, 9.17) is 0 Å². The van der Waals surface area contributed by atoms with Gasteiger partial charge in [0.2, 0.25) is 11.8 Å². The van der Waals surface area contributed by atoms with Crippen LogP contribution in [0, 0.1) is 0 Å². The Kier molecular flexibility index (Phi) is 5.37. The average Bonchev–Trinajstić information content (AvgIpc) is 3.40. The van der Waals surface area contributed by atoms with E-state index >= 15 is 0 Å². The highest BCUT2D eigenvalue weighted by molar-refractivity contribution is 6.03. The Morgan fingerprint density at radius 1 is 1.10 bits per heavy atom. The largest absolute Gasteiger partial charge is 0.326 e. The SMILES string of the molecule is CCn1ncc2ccc(NC(=O)CCC(=O)N3CCC(c4ccccc4)=N3)cc21. The van der Waals surface area contributed by atoms with E-state index in [-0.39, 0.29) is 24.7 Å². The molecule has 0 atom stereocenters. The number of aryl methyl sites for hydroxylation is 1. The third kappa shape index (κ3) is 4.18. The van der Waals surface area contributed by atoms with Gasteiger partial charge in [-0.25, -0.2) is 5.01 Å². The molecule has 0 saturated carbocycles. The topological polar surface area (TPSA) is 79.6 Å². The van der Waals surface area contributed by atoms with E-state index < -0.39 is 0 Å². The third-order valence-corrected chi connectivity index (χ3v) is 4.99. The van der Waals surface area contributed by atoms with Gasteiger partial charge in [-0.15, -0.1) is 0 Å². The summed E-state index contributed by atoms with van der Waals surface area (Å²) in [6, 6.07) is 15.5. The molecule has 148 valence electrons. The Labute approximate surface area is 169 Å². The molecule has 2 amide bonds. The van der Waals surface area contributed by atoms with Crippen molar-refractivity contribution in [2.24, 2.45) is 5.10 Å². The zero-order valence-electron chi connectivity index (χ0n) is 16.3. The molecule has 4 rings (SSSR count). The Morgan fingerprint density at radius 3 is 2.72 bits per heavy atom. The number of nitrogens with zero attached hydrogens (tertiary/aromatic N) is 4. The number of hydrogen-bond acceptors (Lipinski definition) is 4. The van der Waals surface area contributed by atoms with Gasteiger partial charge >= 0.3 is 0 Å². The van der Waals surface area contributed by atoms with Crippen LogP contribution in [0.25, 0.3) is 10.9 Å². The maximum Gasteiger partial charge on any atom is 0.243 e. The predicted octanol–water partition coefficient (Wildman–Crippen LogP) is 3.41. The van der Waals surface area contributed by atoms with Crippen LogP contribution in [-0.2, 0) is 16.1 Å². The number of anilines is 1. The molecular formula is C22H23N5O2. The standard InChI is InChI=1S/C22H23N5O2/c1-2-26-20-14-18(9-8-17(20)15-23-26)24-21(28)10-11-22(29)27-13-12-19(25-27)16-6-4-3-5-7-16/h3-9,14-15H,2,10-13H2,1H3,(H,24,28). The molecule has 2 heterocycles. The molecule has 0 radical (unpaired) electrons. The maximum absolute atomic E-state index is 12.4. The van der Waals surface area contributed by atoms with E-state index in [1.54, 1.807) is 0 Å². The fraction of sp³-hybridized carbons (Fsp3) is 0.273. The van der Waals surface area contributed by atoms with Crippen molar-refractivity contribution in [1.82, 2.24) is 14.8 Å². The van der Waals surface area contributed by atoms with Crippen LogP contribution >= 0.6 is 0 Å². The Hall–Kier alpha value is -3.48. The summed E-state index contributed by atoms with van der Waals surface area (Å²) >= 11 is 0. The molecule has 0 bridgehead atoms. The highest BCUT2D eigenvalue weighted by Crippen LogP contribution is 2.20. The summed E-state index contributed by atoms with van der Waals surface area (Å²) in [6.45, 7) is 3.34. The summed E-state index contributed by atoms with van der Waals surface area (Å²) in [7, 11) is 0.